The molecule has 1 aromatic rings. The molecule has 228 valence electrons. The van der Waals surface area contributed by atoms with Crippen LogP contribution in [0, 0.1) is 17.8 Å². The van der Waals surface area contributed by atoms with Gasteiger partial charge in [0.15, 0.2) is 5.82 Å². The molecule has 1 aromatic heterocycles. The summed E-state index contributed by atoms with van der Waals surface area (Å²) in [5.41, 5.74) is 0. The molecule has 16 heteroatoms. The molecule has 0 aromatic carbocycles. The van der Waals surface area contributed by atoms with Crippen LogP contribution in [0.1, 0.15) is 88.9 Å². The number of nitrogens with one attached hydrogen (secondary N) is 3. The fraction of sp³-hybridized carbons (Fsp3) is 0.818. The summed E-state index contributed by atoms with van der Waals surface area (Å²) in [4.78, 5) is 31.8. The number of amides is 2. The summed E-state index contributed by atoms with van der Waals surface area (Å²) in [5.74, 6) is 0.0133. The number of aromatic nitrogens is 4. The number of hydrogen-bond donors (Lipinski definition) is 3. The lowest BCUT2D eigenvalue weighted by atomic mass is 10.1. The summed E-state index contributed by atoms with van der Waals surface area (Å²) < 4.78 is 47.6. The first-order chi connectivity index (χ1) is 16.0. The Hall–Kier alpha value is -2.46. The second kappa shape index (κ2) is 21.5. The largest absolute Gasteiger partial charge is 0.303 e. The van der Waals surface area contributed by atoms with E-state index in [4.69, 9.17) is 0 Å². The molecular weight excluding hydrogens is 538 g/mol. The summed E-state index contributed by atoms with van der Waals surface area (Å²) in [6.45, 7) is 15.9. The number of H-pyrrole nitrogens is 1. The number of Topliss-reactive ketones (excluding diaryl/α,β-unsaturated/α-hetero) is 1. The molecule has 14 nitrogen and oxygen atoms in total. The zero-order chi connectivity index (χ0) is 29.4. The summed E-state index contributed by atoms with van der Waals surface area (Å²) in [7, 11) is -4.26. The van der Waals surface area contributed by atoms with Crippen LogP contribution in [0.25, 0.3) is 0 Å². The lowest BCUT2D eigenvalue weighted by Crippen LogP contribution is -2.41. The highest BCUT2D eigenvalue weighted by Gasteiger charge is 2.18. The average Bonchev–Trinajstić information content (AvgIpc) is 3.22. The van der Waals surface area contributed by atoms with Gasteiger partial charge in [0.25, 0.3) is 0 Å². The third-order valence-electron chi connectivity index (χ3n) is 3.74. The Morgan fingerprint density at radius 3 is 1.32 bits per heavy atom. The van der Waals surface area contributed by atoms with E-state index in [1.54, 1.807) is 34.6 Å². The molecule has 0 saturated heterocycles. The average molecular weight is 590 g/mol. The first-order valence-corrected chi connectivity index (χ1v) is 14.4. The van der Waals surface area contributed by atoms with Crippen molar-refractivity contribution in [3.05, 3.63) is 5.82 Å². The van der Waals surface area contributed by atoms with Crippen molar-refractivity contribution in [1.82, 2.24) is 34.4 Å². The van der Waals surface area contributed by atoms with Gasteiger partial charge in [-0.25, -0.2) is 13.1 Å². The normalized spacial score (nSPS) is 10.6. The number of hydrogen-bond acceptors (Lipinski definition) is 10. The van der Waals surface area contributed by atoms with Gasteiger partial charge in [0.2, 0.25) is 21.8 Å². The molecule has 38 heavy (non-hydrogen) atoms. The molecule has 1 rings (SSSR count). The molecule has 0 aliphatic heterocycles. The predicted octanol–water partition coefficient (Wildman–Crippen LogP) is 2.11. The summed E-state index contributed by atoms with van der Waals surface area (Å²) >= 11 is 0. The number of ketones is 1. The zero-order valence-electron chi connectivity index (χ0n) is 23.3. The molecule has 0 fully saturated rings. The van der Waals surface area contributed by atoms with E-state index < -0.39 is 32.0 Å². The van der Waals surface area contributed by atoms with Crippen LogP contribution in [0.5, 0.6) is 0 Å². The fourth-order valence-corrected chi connectivity index (χ4v) is 2.32. The van der Waals surface area contributed by atoms with Crippen molar-refractivity contribution in [2.75, 3.05) is 20.4 Å². The van der Waals surface area contributed by atoms with Crippen molar-refractivity contribution >= 4 is 37.8 Å². The van der Waals surface area contributed by atoms with Gasteiger partial charge in [0, 0.05) is 37.8 Å². The number of carbonyl (C=O) groups excluding carboxylic acids is 3. The summed E-state index contributed by atoms with van der Waals surface area (Å²) in [6, 6.07) is 0. The molecular formula is C22H51N7O7S2. The third kappa shape index (κ3) is 26.6. The first-order valence-electron chi connectivity index (χ1n) is 11.0. The number of rotatable bonds is 7. The lowest BCUT2D eigenvalue weighted by Gasteiger charge is -2.13. The van der Waals surface area contributed by atoms with Crippen LogP contribution < -0.4 is 9.44 Å². The molecule has 0 unspecified atom stereocenters. The van der Waals surface area contributed by atoms with Crippen LogP contribution in [0.3, 0.4) is 0 Å². The van der Waals surface area contributed by atoms with E-state index in [2.05, 4.69) is 20.6 Å². The van der Waals surface area contributed by atoms with E-state index in [0.717, 1.165) is 16.4 Å². The number of sulfonamides is 1. The van der Waals surface area contributed by atoms with Crippen LogP contribution >= 0.6 is 0 Å². The minimum atomic E-state index is -3.61. The molecule has 0 spiro atoms. The van der Waals surface area contributed by atoms with Gasteiger partial charge in [-0.05, 0) is 6.92 Å². The van der Waals surface area contributed by atoms with Gasteiger partial charge in [0.05, 0.1) is 6.26 Å². The lowest BCUT2D eigenvalue weighted by molar-refractivity contribution is -0.123. The van der Waals surface area contributed by atoms with Gasteiger partial charge >= 0.3 is 10.2 Å². The van der Waals surface area contributed by atoms with Gasteiger partial charge in [-0.3, -0.25) is 19.1 Å². The van der Waals surface area contributed by atoms with Crippen LogP contribution in [-0.4, -0.2) is 79.7 Å². The maximum absolute atomic E-state index is 11.0. The minimum absolute atomic E-state index is 0. The molecule has 3 N–H and O–H groups in total. The maximum atomic E-state index is 11.0. The highest BCUT2D eigenvalue weighted by Crippen LogP contribution is 2.03. The maximum Gasteiger partial charge on any atom is 0.303 e. The minimum Gasteiger partial charge on any atom is -0.300 e. The molecule has 0 aliphatic rings. The van der Waals surface area contributed by atoms with E-state index in [9.17, 15) is 31.2 Å². The van der Waals surface area contributed by atoms with Gasteiger partial charge in [-0.2, -0.15) is 17.9 Å². The van der Waals surface area contributed by atoms with Crippen molar-refractivity contribution < 1.29 is 31.2 Å². The monoisotopic (exact) mass is 589 g/mol. The highest BCUT2D eigenvalue weighted by molar-refractivity contribution is 7.89. The van der Waals surface area contributed by atoms with Crippen LogP contribution in [-0.2, 0) is 34.6 Å². The zero-order valence-corrected chi connectivity index (χ0v) is 24.9. The summed E-state index contributed by atoms with van der Waals surface area (Å²) in [6.07, 6.45) is 0.952. The number of carbonyl (C=O) groups is 3. The Labute approximate surface area is 230 Å². The number of aromatic amines is 1. The molecule has 0 atom stereocenters. The van der Waals surface area contributed by atoms with Crippen LogP contribution in [0.2, 0.25) is 0 Å². The summed E-state index contributed by atoms with van der Waals surface area (Å²) in [5, 5.41) is 13.3. The number of nitrogens with zero attached hydrogens (tertiary/aromatic N) is 4. The molecule has 0 saturated carbocycles. The van der Waals surface area contributed by atoms with E-state index in [0.29, 0.717) is 5.92 Å². The SMILES string of the molecule is C.C.CC(=O)C(C)C.CC(C)C(=O)NS(=O)(=O)N(C)C.CC(C)C(=O)NS(C)(=O)=O.CC(C)c1nn[nH]n1. The first kappa shape index (κ1) is 45.5. The Morgan fingerprint density at radius 1 is 0.789 bits per heavy atom. The smallest absolute Gasteiger partial charge is 0.300 e. The van der Waals surface area contributed by atoms with Gasteiger partial charge in [-0.1, -0.05) is 75.5 Å². The Bertz CT molecular complexity index is 989. The number of tetrazole rings is 1. The third-order valence-corrected chi connectivity index (χ3v) is 5.73. The van der Waals surface area contributed by atoms with Crippen LogP contribution in [0.15, 0.2) is 0 Å². The second-order valence-corrected chi connectivity index (χ2v) is 12.6. The topological polar surface area (TPSA) is 201 Å². The van der Waals surface area contributed by atoms with Crippen molar-refractivity contribution in [3.63, 3.8) is 0 Å². The highest BCUT2D eigenvalue weighted by atomic mass is 32.2. The van der Waals surface area contributed by atoms with Gasteiger partial charge in [-0.15, -0.1) is 10.2 Å². The molecule has 0 aliphatic carbocycles. The standard InChI is InChI=1S/C6H14N2O3S.C5H11NO3S.C5H10O.C4H8N4.2CH4/c1-5(2)6(9)7-12(10,11)8(3)4;1-4(2)5(7)6-10(3,8)9;1-4(2)5(3)6;1-3(2)4-5-7-8-6-4;;/h5H,1-4H3,(H,7,9);4H,1-3H3,(H,6,7);4H,1-3H3;3H,1-2H3,(H,5,6,7,8);2*1H4. The van der Waals surface area contributed by atoms with Crippen molar-refractivity contribution in [3.8, 4) is 0 Å². The van der Waals surface area contributed by atoms with E-state index >= 15 is 0 Å². The molecule has 1 heterocycles. The second-order valence-electron chi connectivity index (χ2n) is 8.99. The Kier molecular flexibility index (Phi) is 25.7. The Morgan fingerprint density at radius 2 is 1.16 bits per heavy atom. The molecule has 0 radical (unpaired) electrons. The van der Waals surface area contributed by atoms with Gasteiger partial charge in [0.1, 0.15) is 5.78 Å². The van der Waals surface area contributed by atoms with Crippen LogP contribution in [0.4, 0.5) is 0 Å². The predicted molar refractivity (Wildman–Crippen MR) is 151 cm³/mol. The fourth-order valence-electron chi connectivity index (χ4n) is 1.05. The molecule has 0 bridgehead atoms. The Balaban J connectivity index is -0.000000128. The van der Waals surface area contributed by atoms with E-state index in [1.807, 2.05) is 37.1 Å². The van der Waals surface area contributed by atoms with E-state index in [1.165, 1.54) is 14.1 Å². The van der Waals surface area contributed by atoms with Crippen molar-refractivity contribution in [1.29, 1.82) is 0 Å². The van der Waals surface area contributed by atoms with Crippen molar-refractivity contribution in [2.24, 2.45) is 17.8 Å². The molecule has 2 amide bonds. The quantitative estimate of drug-likeness (QED) is 0.423. The van der Waals surface area contributed by atoms with Crippen molar-refractivity contribution in [2.45, 2.75) is 83.1 Å². The van der Waals surface area contributed by atoms with Gasteiger partial charge < -0.3 is 0 Å². The van der Waals surface area contributed by atoms with E-state index in [-0.39, 0.29) is 38.4 Å².